The number of halogens is 3. The number of aromatic nitrogens is 2. The number of benzene rings is 1. The Morgan fingerprint density at radius 3 is 2.46 bits per heavy atom. The quantitative estimate of drug-likeness (QED) is 0.619. The zero-order chi connectivity index (χ0) is 17.7. The normalized spacial score (nSPS) is 13.0. The van der Waals surface area contributed by atoms with Gasteiger partial charge in [-0.1, -0.05) is 12.1 Å². The van der Waals surface area contributed by atoms with E-state index in [-0.39, 0.29) is 0 Å². The molecule has 0 N–H and O–H groups in total. The first-order valence-corrected chi connectivity index (χ1v) is 6.88. The third kappa shape index (κ3) is 4.37. The summed E-state index contributed by atoms with van der Waals surface area (Å²) in [5, 5.41) is 0. The van der Waals surface area contributed by atoms with E-state index in [0.29, 0.717) is 11.3 Å². The zero-order valence-corrected chi connectivity index (χ0v) is 12.9. The molecule has 0 radical (unpaired) electrons. The molecule has 0 saturated carbocycles. The summed E-state index contributed by atoms with van der Waals surface area (Å²) in [4.78, 5) is 15.3. The summed E-state index contributed by atoms with van der Waals surface area (Å²) in [6.45, 7) is 0. The number of methoxy groups -OCH3 is 1. The molecular weight excluding hydrogens is 325 g/mol. The minimum absolute atomic E-state index is 0.395. The summed E-state index contributed by atoms with van der Waals surface area (Å²) in [6.07, 6.45) is -2.35. The van der Waals surface area contributed by atoms with Crippen molar-refractivity contribution < 1.29 is 27.4 Å². The first-order valence-electron chi connectivity index (χ1n) is 6.88. The molecule has 1 aromatic carbocycles. The molecule has 1 aromatic heterocycles. The Morgan fingerprint density at radius 1 is 1.29 bits per heavy atom. The minimum Gasteiger partial charge on any atom is -0.497 e. The van der Waals surface area contributed by atoms with Crippen molar-refractivity contribution in [2.24, 2.45) is 7.05 Å². The van der Waals surface area contributed by atoms with Gasteiger partial charge in [0.2, 0.25) is 0 Å². The average Bonchev–Trinajstić information content (AvgIpc) is 2.95. The van der Waals surface area contributed by atoms with Crippen molar-refractivity contribution in [1.82, 2.24) is 9.55 Å². The lowest BCUT2D eigenvalue weighted by Gasteiger charge is -2.19. The van der Waals surface area contributed by atoms with Crippen molar-refractivity contribution >= 4 is 12.0 Å². The smallest absolute Gasteiger partial charge is 0.432 e. The highest BCUT2D eigenvalue weighted by atomic mass is 19.4. The number of alkyl halides is 3. The van der Waals surface area contributed by atoms with Crippen LogP contribution in [0.2, 0.25) is 0 Å². The van der Waals surface area contributed by atoms with Crippen molar-refractivity contribution in [2.45, 2.75) is 12.3 Å². The Hall–Kier alpha value is -2.77. The average molecular weight is 340 g/mol. The molecule has 5 nitrogen and oxygen atoms in total. The van der Waals surface area contributed by atoms with Gasteiger partial charge in [-0.15, -0.1) is 0 Å². The van der Waals surface area contributed by atoms with Crippen LogP contribution in [0.4, 0.5) is 13.2 Å². The van der Waals surface area contributed by atoms with Gasteiger partial charge in [0.1, 0.15) is 5.75 Å². The third-order valence-corrected chi connectivity index (χ3v) is 3.15. The summed E-state index contributed by atoms with van der Waals surface area (Å²) in [5.74, 6) is -0.883. The Morgan fingerprint density at radius 2 is 1.96 bits per heavy atom. The highest BCUT2D eigenvalue weighted by Gasteiger charge is 2.46. The van der Waals surface area contributed by atoms with Crippen LogP contribution in [0, 0.1) is 0 Å². The second-order valence-electron chi connectivity index (χ2n) is 4.86. The van der Waals surface area contributed by atoms with Gasteiger partial charge in [0, 0.05) is 25.5 Å². The van der Waals surface area contributed by atoms with Crippen LogP contribution in [0.3, 0.4) is 0 Å². The van der Waals surface area contributed by atoms with Crippen LogP contribution in [-0.4, -0.2) is 28.8 Å². The van der Waals surface area contributed by atoms with Crippen molar-refractivity contribution in [1.29, 1.82) is 0 Å². The van der Waals surface area contributed by atoms with Gasteiger partial charge in [0.15, 0.2) is 5.82 Å². The highest BCUT2D eigenvalue weighted by Crippen LogP contribution is 2.35. The molecule has 0 aliphatic rings. The van der Waals surface area contributed by atoms with Gasteiger partial charge in [-0.2, -0.15) is 13.2 Å². The first-order chi connectivity index (χ1) is 11.3. The van der Waals surface area contributed by atoms with Gasteiger partial charge in [0.25, 0.3) is 6.10 Å². The van der Waals surface area contributed by atoms with E-state index in [9.17, 15) is 18.0 Å². The predicted molar refractivity (Wildman–Crippen MR) is 80.1 cm³/mol. The summed E-state index contributed by atoms with van der Waals surface area (Å²) in [6, 6.07) is 6.64. The number of aryl methyl sites for hydroxylation is 1. The molecule has 128 valence electrons. The predicted octanol–water partition coefficient (Wildman–Crippen LogP) is 3.29. The lowest BCUT2D eigenvalue weighted by atomic mass is 10.2. The standard InChI is InChI=1S/C16H15F3N2O3/c1-21-10-9-20-15(21)14(16(17,18)19)24-13(22)8-5-11-3-6-12(23-2)7-4-11/h3-10,14H,1-2H3. The van der Waals surface area contributed by atoms with Crippen molar-refractivity contribution in [3.63, 3.8) is 0 Å². The van der Waals surface area contributed by atoms with Gasteiger partial charge in [0.05, 0.1) is 7.11 Å². The number of hydrogen-bond acceptors (Lipinski definition) is 4. The largest absolute Gasteiger partial charge is 0.497 e. The molecule has 8 heteroatoms. The van der Waals surface area contributed by atoms with E-state index in [4.69, 9.17) is 4.74 Å². The number of nitrogens with zero attached hydrogens (tertiary/aromatic N) is 2. The number of carbonyl (C=O) groups excluding carboxylic acids is 1. The Kier molecular flexibility index (Phi) is 5.28. The van der Waals surface area contributed by atoms with Crippen LogP contribution in [0.5, 0.6) is 5.75 Å². The van der Waals surface area contributed by atoms with Gasteiger partial charge in [-0.25, -0.2) is 9.78 Å². The Bertz CT molecular complexity index is 721. The lowest BCUT2D eigenvalue weighted by Crippen LogP contribution is -2.28. The van der Waals surface area contributed by atoms with Crippen molar-refractivity contribution in [2.75, 3.05) is 7.11 Å². The molecule has 0 fully saturated rings. The van der Waals surface area contributed by atoms with Crippen LogP contribution < -0.4 is 4.74 Å². The molecular formula is C16H15F3N2O3. The number of hydrogen-bond donors (Lipinski definition) is 0. The molecule has 1 heterocycles. The van der Waals surface area contributed by atoms with E-state index in [1.807, 2.05) is 0 Å². The van der Waals surface area contributed by atoms with Crippen LogP contribution in [0.1, 0.15) is 17.5 Å². The molecule has 0 bridgehead atoms. The number of carbonyl (C=O) groups is 1. The fraction of sp³-hybridized carbons (Fsp3) is 0.250. The van der Waals surface area contributed by atoms with Crippen LogP contribution in [0.15, 0.2) is 42.7 Å². The molecule has 24 heavy (non-hydrogen) atoms. The summed E-state index contributed by atoms with van der Waals surface area (Å²) in [7, 11) is 2.90. The summed E-state index contributed by atoms with van der Waals surface area (Å²) in [5.41, 5.74) is 0.619. The second-order valence-corrected chi connectivity index (χ2v) is 4.86. The van der Waals surface area contributed by atoms with Gasteiger partial charge in [-0.05, 0) is 23.8 Å². The van der Waals surface area contributed by atoms with E-state index in [0.717, 1.165) is 10.6 Å². The molecule has 1 atom stereocenters. The van der Waals surface area contributed by atoms with E-state index < -0.39 is 24.1 Å². The third-order valence-electron chi connectivity index (χ3n) is 3.15. The lowest BCUT2D eigenvalue weighted by molar-refractivity contribution is -0.223. The SMILES string of the molecule is COc1ccc(C=CC(=O)OC(c2nccn2C)C(F)(F)F)cc1. The Balaban J connectivity index is 2.10. The number of esters is 1. The molecule has 2 aromatic rings. The van der Waals surface area contributed by atoms with Crippen LogP contribution in [0.25, 0.3) is 6.08 Å². The number of ether oxygens (including phenoxy) is 2. The minimum atomic E-state index is -4.76. The number of imidazole rings is 1. The molecule has 0 saturated heterocycles. The maximum absolute atomic E-state index is 13.1. The topological polar surface area (TPSA) is 53.4 Å². The molecule has 0 aliphatic carbocycles. The summed E-state index contributed by atoms with van der Waals surface area (Å²) < 4.78 is 50.0. The molecule has 2 rings (SSSR count). The molecule has 0 spiro atoms. The maximum atomic E-state index is 13.1. The van der Waals surface area contributed by atoms with Crippen LogP contribution >= 0.6 is 0 Å². The summed E-state index contributed by atoms with van der Waals surface area (Å²) >= 11 is 0. The second kappa shape index (κ2) is 7.20. The fourth-order valence-corrected chi connectivity index (χ4v) is 1.93. The highest BCUT2D eigenvalue weighted by molar-refractivity contribution is 5.87. The van der Waals surface area contributed by atoms with Crippen LogP contribution in [-0.2, 0) is 16.6 Å². The van der Waals surface area contributed by atoms with E-state index in [1.54, 1.807) is 24.3 Å². The monoisotopic (exact) mass is 340 g/mol. The van der Waals surface area contributed by atoms with E-state index >= 15 is 0 Å². The molecule has 0 aliphatic heterocycles. The van der Waals surface area contributed by atoms with Gasteiger partial charge >= 0.3 is 12.1 Å². The first kappa shape index (κ1) is 17.6. The van der Waals surface area contributed by atoms with Gasteiger partial charge < -0.3 is 14.0 Å². The van der Waals surface area contributed by atoms with Crippen molar-refractivity contribution in [3.05, 3.63) is 54.1 Å². The Labute approximate surface area is 136 Å². The van der Waals surface area contributed by atoms with E-state index in [2.05, 4.69) is 9.72 Å². The fourth-order valence-electron chi connectivity index (χ4n) is 1.93. The molecule has 1 unspecified atom stereocenters. The number of rotatable bonds is 5. The maximum Gasteiger partial charge on any atom is 0.432 e. The molecule has 0 amide bonds. The van der Waals surface area contributed by atoms with E-state index in [1.165, 1.54) is 32.6 Å². The van der Waals surface area contributed by atoms with Crippen molar-refractivity contribution in [3.8, 4) is 5.75 Å². The zero-order valence-electron chi connectivity index (χ0n) is 12.9. The van der Waals surface area contributed by atoms with Gasteiger partial charge in [-0.3, -0.25) is 0 Å².